The minimum Gasteiger partial charge on any atom is -0.379 e. The van der Waals surface area contributed by atoms with Gasteiger partial charge >= 0.3 is 0 Å². The summed E-state index contributed by atoms with van der Waals surface area (Å²) < 4.78 is 5.41. The smallest absolute Gasteiger partial charge is 0.0594 e. The van der Waals surface area contributed by atoms with E-state index in [1.165, 1.54) is 45.2 Å². The van der Waals surface area contributed by atoms with E-state index in [2.05, 4.69) is 22.2 Å². The van der Waals surface area contributed by atoms with E-state index in [4.69, 9.17) is 4.74 Å². The number of hydrogen-bond acceptors (Lipinski definition) is 4. The highest BCUT2D eigenvalue weighted by Crippen LogP contribution is 2.35. The molecule has 2 atom stereocenters. The Kier molecular flexibility index (Phi) is 4.74. The minimum atomic E-state index is 0.771. The summed E-state index contributed by atoms with van der Waals surface area (Å²) in [5.41, 5.74) is 0. The third-order valence-electron chi connectivity index (χ3n) is 5.29. The van der Waals surface area contributed by atoms with E-state index in [0.29, 0.717) is 0 Å². The van der Waals surface area contributed by atoms with Crippen molar-refractivity contribution in [2.75, 3.05) is 46.4 Å². The lowest BCUT2D eigenvalue weighted by molar-refractivity contribution is 0.0337. The van der Waals surface area contributed by atoms with Crippen LogP contribution >= 0.6 is 0 Å². The minimum absolute atomic E-state index is 0.771. The van der Waals surface area contributed by atoms with Crippen molar-refractivity contribution in [1.29, 1.82) is 0 Å². The Morgan fingerprint density at radius 2 is 1.74 bits per heavy atom. The van der Waals surface area contributed by atoms with Crippen LogP contribution in [0.4, 0.5) is 0 Å². The van der Waals surface area contributed by atoms with E-state index in [0.717, 1.165) is 44.4 Å². The predicted octanol–water partition coefficient (Wildman–Crippen LogP) is 0.924. The van der Waals surface area contributed by atoms with E-state index in [1.807, 2.05) is 0 Å². The first-order valence-corrected chi connectivity index (χ1v) is 8.10. The molecular weight excluding hydrogens is 238 g/mol. The van der Waals surface area contributed by atoms with Gasteiger partial charge in [-0.2, -0.15) is 0 Å². The molecule has 2 unspecified atom stereocenters. The van der Waals surface area contributed by atoms with Crippen LogP contribution in [0.5, 0.6) is 0 Å². The van der Waals surface area contributed by atoms with E-state index in [9.17, 15) is 0 Å². The molecule has 0 radical (unpaired) electrons. The molecule has 4 nitrogen and oxygen atoms in total. The Balaban J connectivity index is 1.41. The zero-order valence-corrected chi connectivity index (χ0v) is 12.3. The Morgan fingerprint density at radius 3 is 2.37 bits per heavy atom. The second-order valence-electron chi connectivity index (χ2n) is 6.39. The van der Waals surface area contributed by atoms with Crippen molar-refractivity contribution in [2.24, 2.45) is 0 Å². The molecule has 0 aliphatic carbocycles. The summed E-state index contributed by atoms with van der Waals surface area (Å²) in [6.45, 7) is 6.69. The Bertz CT molecular complexity index is 267. The van der Waals surface area contributed by atoms with Gasteiger partial charge in [0.05, 0.1) is 13.2 Å². The number of piperidine rings is 1. The molecule has 4 heteroatoms. The van der Waals surface area contributed by atoms with Gasteiger partial charge in [0.25, 0.3) is 0 Å². The van der Waals surface area contributed by atoms with E-state index >= 15 is 0 Å². The van der Waals surface area contributed by atoms with Gasteiger partial charge in [0.15, 0.2) is 0 Å². The Labute approximate surface area is 117 Å². The quantitative estimate of drug-likeness (QED) is 0.802. The van der Waals surface area contributed by atoms with E-state index in [-0.39, 0.29) is 0 Å². The van der Waals surface area contributed by atoms with Crippen LogP contribution in [-0.4, -0.2) is 74.4 Å². The van der Waals surface area contributed by atoms with Crippen molar-refractivity contribution < 1.29 is 4.74 Å². The normalized spacial score (nSPS) is 36.8. The summed E-state index contributed by atoms with van der Waals surface area (Å²) >= 11 is 0. The van der Waals surface area contributed by atoms with Crippen LogP contribution in [-0.2, 0) is 4.74 Å². The first kappa shape index (κ1) is 13.8. The van der Waals surface area contributed by atoms with Gasteiger partial charge in [0.1, 0.15) is 0 Å². The molecule has 0 aromatic heterocycles. The first-order chi connectivity index (χ1) is 9.36. The van der Waals surface area contributed by atoms with E-state index in [1.54, 1.807) is 0 Å². The fourth-order valence-corrected chi connectivity index (χ4v) is 4.18. The summed E-state index contributed by atoms with van der Waals surface area (Å²) in [6, 6.07) is 2.50. The number of fused-ring (bicyclic) bond motifs is 2. The van der Waals surface area contributed by atoms with E-state index < -0.39 is 0 Å². The second-order valence-corrected chi connectivity index (χ2v) is 6.39. The lowest BCUT2D eigenvalue weighted by atomic mass is 9.97. The highest BCUT2D eigenvalue weighted by atomic mass is 16.5. The topological polar surface area (TPSA) is 27.7 Å². The maximum absolute atomic E-state index is 5.41. The predicted molar refractivity (Wildman–Crippen MR) is 77.5 cm³/mol. The fourth-order valence-electron chi connectivity index (χ4n) is 4.18. The fraction of sp³-hybridized carbons (Fsp3) is 1.00. The van der Waals surface area contributed by atoms with Gasteiger partial charge in [-0.3, -0.25) is 9.80 Å². The molecule has 3 saturated heterocycles. The standard InChI is InChI=1S/C15H29N3O/c1-16-13-11-14-3-4-15(12-13)18(14)6-2-5-17-7-9-19-10-8-17/h13-16H,2-12H2,1H3. The van der Waals surface area contributed by atoms with Crippen LogP contribution in [0, 0.1) is 0 Å². The molecule has 3 heterocycles. The van der Waals surface area contributed by atoms with Crippen molar-refractivity contribution in [2.45, 2.75) is 50.2 Å². The van der Waals surface area contributed by atoms with Crippen molar-refractivity contribution in [3.05, 3.63) is 0 Å². The third kappa shape index (κ3) is 3.30. The van der Waals surface area contributed by atoms with Crippen LogP contribution in [0.2, 0.25) is 0 Å². The van der Waals surface area contributed by atoms with Gasteiger partial charge in [-0.1, -0.05) is 0 Å². The summed E-state index contributed by atoms with van der Waals surface area (Å²) in [5, 5.41) is 3.48. The summed E-state index contributed by atoms with van der Waals surface area (Å²) in [7, 11) is 2.12. The molecule has 0 aromatic carbocycles. The van der Waals surface area contributed by atoms with Gasteiger partial charge in [0, 0.05) is 31.2 Å². The van der Waals surface area contributed by atoms with Crippen LogP contribution in [0.3, 0.4) is 0 Å². The molecule has 0 spiro atoms. The average molecular weight is 267 g/mol. The Hall–Kier alpha value is -0.160. The van der Waals surface area contributed by atoms with Gasteiger partial charge < -0.3 is 10.1 Å². The van der Waals surface area contributed by atoms with Crippen LogP contribution in [0.1, 0.15) is 32.1 Å². The molecule has 0 amide bonds. The maximum Gasteiger partial charge on any atom is 0.0594 e. The molecule has 19 heavy (non-hydrogen) atoms. The third-order valence-corrected chi connectivity index (χ3v) is 5.29. The van der Waals surface area contributed by atoms with Gasteiger partial charge in [0.2, 0.25) is 0 Å². The number of rotatable bonds is 5. The highest BCUT2D eigenvalue weighted by molar-refractivity contribution is 4.97. The lowest BCUT2D eigenvalue weighted by Gasteiger charge is -2.39. The van der Waals surface area contributed by atoms with Crippen molar-refractivity contribution in [3.8, 4) is 0 Å². The molecule has 1 N–H and O–H groups in total. The summed E-state index contributed by atoms with van der Waals surface area (Å²) in [5.74, 6) is 0. The van der Waals surface area contributed by atoms with Crippen LogP contribution < -0.4 is 5.32 Å². The van der Waals surface area contributed by atoms with Crippen molar-refractivity contribution in [1.82, 2.24) is 15.1 Å². The molecule has 3 fully saturated rings. The maximum atomic E-state index is 5.41. The zero-order valence-electron chi connectivity index (χ0n) is 12.3. The van der Waals surface area contributed by atoms with Crippen LogP contribution in [0.25, 0.3) is 0 Å². The molecule has 0 aromatic rings. The number of nitrogens with one attached hydrogen (secondary N) is 1. The van der Waals surface area contributed by atoms with Gasteiger partial charge in [-0.25, -0.2) is 0 Å². The van der Waals surface area contributed by atoms with Gasteiger partial charge in [-0.15, -0.1) is 0 Å². The molecule has 3 rings (SSSR count). The molecule has 0 saturated carbocycles. The monoisotopic (exact) mass is 267 g/mol. The molecule has 2 bridgehead atoms. The average Bonchev–Trinajstić information content (AvgIpc) is 2.70. The number of ether oxygens (including phenoxy) is 1. The first-order valence-electron chi connectivity index (χ1n) is 8.10. The van der Waals surface area contributed by atoms with Gasteiger partial charge in [-0.05, 0) is 52.2 Å². The van der Waals surface area contributed by atoms with Crippen molar-refractivity contribution >= 4 is 0 Å². The molecular formula is C15H29N3O. The number of morpholine rings is 1. The summed E-state index contributed by atoms with van der Waals surface area (Å²) in [6.07, 6.45) is 6.92. The zero-order chi connectivity index (χ0) is 13.1. The second kappa shape index (κ2) is 6.53. The van der Waals surface area contributed by atoms with Crippen LogP contribution in [0.15, 0.2) is 0 Å². The largest absolute Gasteiger partial charge is 0.379 e. The highest BCUT2D eigenvalue weighted by Gasteiger charge is 2.39. The SMILES string of the molecule is CNC1CC2CCC(C1)N2CCCN1CCOCC1. The molecule has 3 aliphatic rings. The Morgan fingerprint density at radius 1 is 1.05 bits per heavy atom. The molecule has 110 valence electrons. The molecule has 3 aliphatic heterocycles. The summed E-state index contributed by atoms with van der Waals surface area (Å²) in [4.78, 5) is 5.38. The lowest BCUT2D eigenvalue weighted by Crippen LogP contribution is -2.49. The number of hydrogen-bond donors (Lipinski definition) is 1. The number of nitrogens with zero attached hydrogens (tertiary/aromatic N) is 2. The van der Waals surface area contributed by atoms with Crippen molar-refractivity contribution in [3.63, 3.8) is 0 Å².